The Bertz CT molecular complexity index is 380. The first kappa shape index (κ1) is 7.86. The Morgan fingerprint density at radius 1 is 1.31 bits per heavy atom. The van der Waals surface area contributed by atoms with E-state index in [-0.39, 0.29) is 5.78 Å². The third-order valence-corrected chi connectivity index (χ3v) is 1.82. The van der Waals surface area contributed by atoms with Crippen molar-refractivity contribution in [3.05, 3.63) is 41.7 Å². The second-order valence-electron chi connectivity index (χ2n) is 2.85. The predicted octanol–water partition coefficient (Wildman–Crippen LogP) is 2.02. The van der Waals surface area contributed by atoms with Crippen LogP contribution in [0.3, 0.4) is 0 Å². The fourth-order valence-electron chi connectivity index (χ4n) is 1.16. The van der Waals surface area contributed by atoms with E-state index in [0.717, 1.165) is 5.56 Å². The molecule has 1 heterocycles. The predicted molar refractivity (Wildman–Crippen MR) is 46.4 cm³/mol. The highest BCUT2D eigenvalue weighted by Gasteiger charge is 2.13. The summed E-state index contributed by atoms with van der Waals surface area (Å²) in [7, 11) is 0. The number of carbonyl (C=O) groups excluding carboxylic acids is 1. The fourth-order valence-corrected chi connectivity index (χ4v) is 1.16. The maximum atomic E-state index is 11.4. The zero-order chi connectivity index (χ0) is 9.26. The molecule has 2 rings (SSSR count). The lowest BCUT2D eigenvalue weighted by atomic mass is 10.1. The molecule has 1 aliphatic rings. The molecule has 66 valence electrons. The monoisotopic (exact) mass is 176 g/mol. The van der Waals surface area contributed by atoms with E-state index < -0.39 is 0 Å². The zero-order valence-electron chi connectivity index (χ0n) is 7.11. The molecule has 0 atom stereocenters. The summed E-state index contributed by atoms with van der Waals surface area (Å²) in [6.45, 7) is 1.92. The summed E-state index contributed by atoms with van der Waals surface area (Å²) in [6, 6.07) is 5.35. The summed E-state index contributed by atoms with van der Waals surface area (Å²) < 4.78 is 0. The van der Waals surface area contributed by atoms with Crippen molar-refractivity contribution in [2.24, 2.45) is 0 Å². The number of benzene rings is 1. The Labute approximate surface area is 75.5 Å². The maximum absolute atomic E-state index is 11.4. The van der Waals surface area contributed by atoms with Gasteiger partial charge in [0.1, 0.15) is 6.26 Å². The number of fused-ring (bicyclic) bond motifs is 1. The largest absolute Gasteiger partial charge is 0.298 e. The molecule has 0 saturated heterocycles. The van der Waals surface area contributed by atoms with Crippen LogP contribution in [0.2, 0.25) is 0 Å². The van der Waals surface area contributed by atoms with Gasteiger partial charge in [-0.3, -0.25) is 14.6 Å². The van der Waals surface area contributed by atoms with Gasteiger partial charge in [0.2, 0.25) is 0 Å². The van der Waals surface area contributed by atoms with E-state index >= 15 is 0 Å². The summed E-state index contributed by atoms with van der Waals surface area (Å²) in [6.07, 6.45) is 2.57. The van der Waals surface area contributed by atoms with Crippen LogP contribution in [0.4, 0.5) is 0 Å². The van der Waals surface area contributed by atoms with E-state index in [1.165, 1.54) is 12.3 Å². The molecule has 3 nitrogen and oxygen atoms in total. The lowest BCUT2D eigenvalue weighted by Crippen LogP contribution is -1.96. The minimum absolute atomic E-state index is 0.104. The Kier molecular flexibility index (Phi) is 1.77. The van der Waals surface area contributed by atoms with Crippen LogP contribution in [0, 0.1) is 6.92 Å². The standard InChI is InChI=1S/C10H8O3/c1-7-2-3-8-9(11)4-5-12-13-10(8)6-7/h2-6H,1H3. The Morgan fingerprint density at radius 2 is 2.15 bits per heavy atom. The van der Waals surface area contributed by atoms with E-state index in [1.807, 2.05) is 13.0 Å². The molecule has 1 aromatic rings. The van der Waals surface area contributed by atoms with E-state index in [1.54, 1.807) is 12.1 Å². The molecule has 1 aliphatic heterocycles. The quantitative estimate of drug-likeness (QED) is 0.567. The van der Waals surface area contributed by atoms with E-state index in [2.05, 4.69) is 4.89 Å². The van der Waals surface area contributed by atoms with Gasteiger partial charge in [-0.2, -0.15) is 0 Å². The van der Waals surface area contributed by atoms with Crippen LogP contribution < -0.4 is 4.89 Å². The third-order valence-electron chi connectivity index (χ3n) is 1.82. The molecule has 0 amide bonds. The van der Waals surface area contributed by atoms with E-state index in [4.69, 9.17) is 4.89 Å². The average molecular weight is 176 g/mol. The normalized spacial score (nSPS) is 14.1. The van der Waals surface area contributed by atoms with Crippen molar-refractivity contribution in [2.45, 2.75) is 6.92 Å². The summed E-state index contributed by atoms with van der Waals surface area (Å²) in [4.78, 5) is 20.9. The number of rotatable bonds is 0. The smallest absolute Gasteiger partial charge is 0.193 e. The van der Waals surface area contributed by atoms with Gasteiger partial charge in [-0.1, -0.05) is 6.07 Å². The first-order valence-electron chi connectivity index (χ1n) is 3.92. The molecule has 0 saturated carbocycles. The molecule has 0 aromatic heterocycles. The SMILES string of the molecule is Cc1ccc2c(c1)OOC=CC2=O. The van der Waals surface area contributed by atoms with Gasteiger partial charge in [0.25, 0.3) is 0 Å². The van der Waals surface area contributed by atoms with Gasteiger partial charge in [-0.25, -0.2) is 0 Å². The van der Waals surface area contributed by atoms with Crippen LogP contribution in [0.1, 0.15) is 15.9 Å². The minimum Gasteiger partial charge on any atom is -0.298 e. The van der Waals surface area contributed by atoms with Gasteiger partial charge in [-0.05, 0) is 24.6 Å². The fraction of sp³-hybridized carbons (Fsp3) is 0.100. The highest BCUT2D eigenvalue weighted by Crippen LogP contribution is 2.23. The highest BCUT2D eigenvalue weighted by atomic mass is 17.2. The molecule has 0 N–H and O–H groups in total. The van der Waals surface area contributed by atoms with Crippen LogP contribution in [0.15, 0.2) is 30.5 Å². The Balaban J connectivity index is 2.54. The second-order valence-corrected chi connectivity index (χ2v) is 2.85. The van der Waals surface area contributed by atoms with Crippen molar-refractivity contribution in [1.82, 2.24) is 0 Å². The molecule has 0 aliphatic carbocycles. The van der Waals surface area contributed by atoms with Gasteiger partial charge in [0.05, 0.1) is 5.56 Å². The van der Waals surface area contributed by atoms with Crippen molar-refractivity contribution in [3.63, 3.8) is 0 Å². The molecule has 1 aromatic carbocycles. The first-order chi connectivity index (χ1) is 6.27. The lowest BCUT2D eigenvalue weighted by Gasteiger charge is -2.03. The van der Waals surface area contributed by atoms with Crippen LogP contribution >= 0.6 is 0 Å². The van der Waals surface area contributed by atoms with Crippen molar-refractivity contribution < 1.29 is 14.6 Å². The van der Waals surface area contributed by atoms with Gasteiger partial charge in [0, 0.05) is 6.08 Å². The number of hydrogen-bond donors (Lipinski definition) is 0. The van der Waals surface area contributed by atoms with Crippen molar-refractivity contribution in [3.8, 4) is 5.75 Å². The molecule has 0 unspecified atom stereocenters. The molecule has 0 radical (unpaired) electrons. The summed E-state index contributed by atoms with van der Waals surface area (Å²) in [5, 5.41) is 0. The van der Waals surface area contributed by atoms with Crippen LogP contribution in [-0.4, -0.2) is 5.78 Å². The number of aryl methyl sites for hydroxylation is 1. The van der Waals surface area contributed by atoms with E-state index in [9.17, 15) is 4.79 Å². The molecular weight excluding hydrogens is 168 g/mol. The molecular formula is C10H8O3. The molecule has 0 bridgehead atoms. The first-order valence-corrected chi connectivity index (χ1v) is 3.92. The highest BCUT2D eigenvalue weighted by molar-refractivity contribution is 6.06. The maximum Gasteiger partial charge on any atom is 0.193 e. The molecule has 3 heteroatoms. The van der Waals surface area contributed by atoms with Gasteiger partial charge in [-0.15, -0.1) is 0 Å². The van der Waals surface area contributed by atoms with Crippen molar-refractivity contribution >= 4 is 5.78 Å². The van der Waals surface area contributed by atoms with Crippen LogP contribution in [0.5, 0.6) is 5.75 Å². The zero-order valence-corrected chi connectivity index (χ0v) is 7.11. The summed E-state index contributed by atoms with van der Waals surface area (Å²) in [5.74, 6) is 0.363. The minimum atomic E-state index is -0.104. The molecule has 0 fully saturated rings. The third kappa shape index (κ3) is 1.40. The van der Waals surface area contributed by atoms with Gasteiger partial charge >= 0.3 is 0 Å². The number of carbonyl (C=O) groups is 1. The summed E-state index contributed by atoms with van der Waals surface area (Å²) in [5.41, 5.74) is 1.55. The number of hydrogen-bond acceptors (Lipinski definition) is 3. The van der Waals surface area contributed by atoms with Crippen LogP contribution in [-0.2, 0) is 4.89 Å². The molecule has 13 heavy (non-hydrogen) atoms. The molecule has 0 spiro atoms. The van der Waals surface area contributed by atoms with Crippen molar-refractivity contribution in [2.75, 3.05) is 0 Å². The Hall–Kier alpha value is -1.77. The van der Waals surface area contributed by atoms with Crippen molar-refractivity contribution in [1.29, 1.82) is 0 Å². The number of ketones is 1. The number of allylic oxidation sites excluding steroid dienone is 1. The van der Waals surface area contributed by atoms with Gasteiger partial charge < -0.3 is 0 Å². The van der Waals surface area contributed by atoms with Crippen LogP contribution in [0.25, 0.3) is 0 Å². The van der Waals surface area contributed by atoms with Gasteiger partial charge in [0.15, 0.2) is 11.5 Å². The topological polar surface area (TPSA) is 35.5 Å². The summed E-state index contributed by atoms with van der Waals surface area (Å²) >= 11 is 0. The second kappa shape index (κ2) is 2.94. The lowest BCUT2D eigenvalue weighted by molar-refractivity contribution is -0.148. The van der Waals surface area contributed by atoms with E-state index in [0.29, 0.717) is 11.3 Å². The average Bonchev–Trinajstić information content (AvgIpc) is 2.28. The Morgan fingerprint density at radius 3 is 3.00 bits per heavy atom.